The molecule has 0 aliphatic rings. The summed E-state index contributed by atoms with van der Waals surface area (Å²) >= 11 is 3.19. The van der Waals surface area contributed by atoms with E-state index >= 15 is 0 Å². The number of thioether (sulfide) groups is 1. The highest BCUT2D eigenvalue weighted by molar-refractivity contribution is 8.02. The molecule has 0 fully saturated rings. The van der Waals surface area contributed by atoms with Crippen molar-refractivity contribution in [1.29, 1.82) is 10.5 Å². The van der Waals surface area contributed by atoms with Gasteiger partial charge in [0, 0.05) is 10.6 Å². The lowest BCUT2D eigenvalue weighted by Gasteiger charge is -2.22. The topological polar surface area (TPSA) is 92.1 Å². The van der Waals surface area contributed by atoms with Gasteiger partial charge in [0.2, 0.25) is 0 Å². The van der Waals surface area contributed by atoms with Gasteiger partial charge in [-0.3, -0.25) is 0 Å². The summed E-state index contributed by atoms with van der Waals surface area (Å²) in [5.74, 6) is 1.87. The van der Waals surface area contributed by atoms with Crippen molar-refractivity contribution >= 4 is 29.2 Å². The van der Waals surface area contributed by atoms with Crippen molar-refractivity contribution < 1.29 is 9.47 Å². The highest BCUT2D eigenvalue weighted by atomic mass is 32.2. The molecule has 0 amide bonds. The van der Waals surface area contributed by atoms with Crippen LogP contribution in [0.2, 0.25) is 0 Å². The number of para-hydroxylation sites is 1. The number of hydrogen-bond donors (Lipinski definition) is 1. The normalized spacial score (nSPS) is 10.9. The first-order chi connectivity index (χ1) is 23.6. The molecule has 266 valence electrons. The SMILES string of the molecule is CCCCCCCCCCCCOc1c(C#N)c(C#N)c(OCCCCCCCCCCCC)c(Sc2ccccc2N)c1SCCC. The van der Waals surface area contributed by atoms with Gasteiger partial charge in [0.1, 0.15) is 23.3 Å². The van der Waals surface area contributed by atoms with Gasteiger partial charge in [0.05, 0.1) is 23.0 Å². The molecule has 0 aromatic heterocycles. The first-order valence-electron chi connectivity index (χ1n) is 19.1. The molecule has 48 heavy (non-hydrogen) atoms. The van der Waals surface area contributed by atoms with E-state index in [1.54, 1.807) is 11.8 Å². The summed E-state index contributed by atoms with van der Waals surface area (Å²) < 4.78 is 12.9. The third kappa shape index (κ3) is 15.8. The van der Waals surface area contributed by atoms with Crippen LogP contribution in [0.1, 0.15) is 167 Å². The van der Waals surface area contributed by atoms with Crippen molar-refractivity contribution in [2.75, 3.05) is 24.7 Å². The van der Waals surface area contributed by atoms with Crippen LogP contribution < -0.4 is 15.2 Å². The average molecular weight is 694 g/mol. The zero-order valence-corrected chi connectivity index (χ0v) is 32.0. The Hall–Kier alpha value is -2.48. The predicted molar refractivity (Wildman–Crippen MR) is 207 cm³/mol. The molecule has 0 aliphatic heterocycles. The first kappa shape index (κ1) is 41.7. The molecule has 0 bridgehead atoms. The van der Waals surface area contributed by atoms with E-state index in [0.29, 0.717) is 30.4 Å². The molecule has 0 saturated carbocycles. The second-order valence-electron chi connectivity index (χ2n) is 12.8. The fourth-order valence-electron chi connectivity index (χ4n) is 5.79. The van der Waals surface area contributed by atoms with Gasteiger partial charge in [-0.2, -0.15) is 10.5 Å². The molecule has 2 aromatic carbocycles. The van der Waals surface area contributed by atoms with Crippen LogP contribution >= 0.6 is 23.5 Å². The molecule has 0 unspecified atom stereocenters. The second-order valence-corrected chi connectivity index (χ2v) is 15.0. The maximum atomic E-state index is 10.4. The minimum absolute atomic E-state index is 0.264. The van der Waals surface area contributed by atoms with Crippen LogP contribution in [0.3, 0.4) is 0 Å². The van der Waals surface area contributed by atoms with Crippen molar-refractivity contribution in [2.45, 2.75) is 170 Å². The minimum atomic E-state index is 0.264. The summed E-state index contributed by atoms with van der Waals surface area (Å²) in [6.45, 7) is 7.69. The molecule has 2 rings (SSSR count). The Kier molecular flexibility index (Phi) is 23.8. The summed E-state index contributed by atoms with van der Waals surface area (Å²) in [7, 11) is 0. The maximum Gasteiger partial charge on any atom is 0.153 e. The molecule has 0 saturated heterocycles. The van der Waals surface area contributed by atoms with Crippen LogP contribution in [0, 0.1) is 22.7 Å². The lowest BCUT2D eigenvalue weighted by molar-refractivity contribution is 0.282. The van der Waals surface area contributed by atoms with Gasteiger partial charge < -0.3 is 15.2 Å². The minimum Gasteiger partial charge on any atom is -0.491 e. The van der Waals surface area contributed by atoms with Gasteiger partial charge in [-0.15, -0.1) is 11.8 Å². The van der Waals surface area contributed by atoms with Gasteiger partial charge in [-0.1, -0.05) is 160 Å². The molecule has 0 spiro atoms. The van der Waals surface area contributed by atoms with Crippen LogP contribution in [0.25, 0.3) is 0 Å². The van der Waals surface area contributed by atoms with Crippen molar-refractivity contribution in [3.8, 4) is 23.6 Å². The Balaban J connectivity index is 2.19. The predicted octanol–water partition coefficient (Wildman–Crippen LogP) is 13.3. The number of nitrogens with two attached hydrogens (primary N) is 1. The summed E-state index contributed by atoms with van der Waals surface area (Å²) in [5.41, 5.74) is 7.63. The number of benzene rings is 2. The van der Waals surface area contributed by atoms with Gasteiger partial charge in [-0.05, 0) is 37.1 Å². The summed E-state index contributed by atoms with van der Waals surface area (Å²) in [5, 5.41) is 20.8. The van der Waals surface area contributed by atoms with Crippen LogP contribution in [0.15, 0.2) is 39.0 Å². The molecule has 7 heteroatoms. The van der Waals surface area contributed by atoms with Crippen LogP contribution in [-0.4, -0.2) is 19.0 Å². The Labute approximate surface area is 302 Å². The number of ether oxygens (including phenoxy) is 2. The number of nitriles is 2. The van der Waals surface area contributed by atoms with E-state index in [1.807, 2.05) is 24.3 Å². The van der Waals surface area contributed by atoms with Crippen LogP contribution in [0.4, 0.5) is 5.69 Å². The third-order valence-electron chi connectivity index (χ3n) is 8.62. The molecule has 0 heterocycles. The summed E-state index contributed by atoms with van der Waals surface area (Å²) in [4.78, 5) is 2.60. The number of nitrogen functional groups attached to an aromatic ring is 1. The zero-order chi connectivity index (χ0) is 34.7. The van der Waals surface area contributed by atoms with Crippen molar-refractivity contribution in [1.82, 2.24) is 0 Å². The largest absolute Gasteiger partial charge is 0.491 e. The second kappa shape index (κ2) is 27.4. The Morgan fingerprint density at radius 2 is 0.979 bits per heavy atom. The van der Waals surface area contributed by atoms with E-state index in [4.69, 9.17) is 15.2 Å². The third-order valence-corrected chi connectivity index (χ3v) is 11.2. The number of rotatable bonds is 29. The van der Waals surface area contributed by atoms with Crippen molar-refractivity contribution in [3.63, 3.8) is 0 Å². The highest BCUT2D eigenvalue weighted by Crippen LogP contribution is 2.51. The van der Waals surface area contributed by atoms with E-state index in [9.17, 15) is 10.5 Å². The van der Waals surface area contributed by atoms with Gasteiger partial charge in [0.25, 0.3) is 0 Å². The number of nitrogens with zero attached hydrogens (tertiary/aromatic N) is 2. The van der Waals surface area contributed by atoms with E-state index in [2.05, 4.69) is 32.9 Å². The molecular weight excluding hydrogens is 631 g/mol. The Morgan fingerprint density at radius 1 is 0.562 bits per heavy atom. The van der Waals surface area contributed by atoms with E-state index in [0.717, 1.165) is 52.5 Å². The molecule has 2 N–H and O–H groups in total. The molecule has 0 aliphatic carbocycles. The number of anilines is 1. The lowest BCUT2D eigenvalue weighted by Crippen LogP contribution is -2.08. The number of unbranched alkanes of at least 4 members (excludes halogenated alkanes) is 18. The lowest BCUT2D eigenvalue weighted by atomic mass is 10.1. The Bertz CT molecular complexity index is 1240. The van der Waals surface area contributed by atoms with Gasteiger partial charge in [-0.25, -0.2) is 0 Å². The van der Waals surface area contributed by atoms with E-state index < -0.39 is 0 Å². The monoisotopic (exact) mass is 693 g/mol. The summed E-state index contributed by atoms with van der Waals surface area (Å²) in [6.07, 6.45) is 25.8. The molecule has 0 radical (unpaired) electrons. The van der Waals surface area contributed by atoms with Crippen LogP contribution in [0.5, 0.6) is 11.5 Å². The smallest absolute Gasteiger partial charge is 0.153 e. The van der Waals surface area contributed by atoms with Gasteiger partial charge >= 0.3 is 0 Å². The first-order valence-corrected chi connectivity index (χ1v) is 20.9. The Morgan fingerprint density at radius 3 is 1.40 bits per heavy atom. The van der Waals surface area contributed by atoms with Crippen LogP contribution in [-0.2, 0) is 0 Å². The summed E-state index contributed by atoms with van der Waals surface area (Å²) in [6, 6.07) is 12.4. The average Bonchev–Trinajstić information content (AvgIpc) is 3.10. The highest BCUT2D eigenvalue weighted by Gasteiger charge is 2.28. The fraction of sp³-hybridized carbons (Fsp3) is 0.659. The molecule has 0 atom stereocenters. The molecule has 2 aromatic rings. The fourth-order valence-corrected chi connectivity index (χ4v) is 8.01. The standard InChI is InChI=1S/C41H63N3O2S2/c1-4-7-9-11-13-15-17-19-21-25-29-45-38-34(32-42)35(33-43)39(46-30-26-22-20-18-16-14-12-10-8-5-2)41(40(38)47-31-6-3)48-37-28-24-23-27-36(37)44/h23-24,27-28H,4-22,25-26,29-31,44H2,1-3H3. The molecular formula is C41H63N3O2S2. The molecule has 5 nitrogen and oxygen atoms in total. The van der Waals surface area contributed by atoms with E-state index in [1.165, 1.54) is 114 Å². The number of hydrogen-bond acceptors (Lipinski definition) is 7. The van der Waals surface area contributed by atoms with Gasteiger partial charge in [0.15, 0.2) is 11.5 Å². The quantitative estimate of drug-likeness (QED) is 0.0515. The van der Waals surface area contributed by atoms with Crippen molar-refractivity contribution in [2.24, 2.45) is 0 Å². The maximum absolute atomic E-state index is 10.4. The zero-order valence-electron chi connectivity index (χ0n) is 30.4. The van der Waals surface area contributed by atoms with E-state index in [-0.39, 0.29) is 11.1 Å². The van der Waals surface area contributed by atoms with Crippen molar-refractivity contribution in [3.05, 3.63) is 35.4 Å².